The molecule has 18 heavy (non-hydrogen) atoms. The van der Waals surface area contributed by atoms with Crippen LogP contribution in [0.15, 0.2) is 41.0 Å². The first-order valence-electron chi connectivity index (χ1n) is 5.91. The van der Waals surface area contributed by atoms with Gasteiger partial charge >= 0.3 is 0 Å². The molecule has 1 unspecified atom stereocenters. The third-order valence-electron chi connectivity index (χ3n) is 2.78. The van der Waals surface area contributed by atoms with Crippen molar-refractivity contribution in [2.75, 3.05) is 6.54 Å². The number of hydrogen-bond donors (Lipinski definition) is 1. The van der Waals surface area contributed by atoms with Crippen LogP contribution < -0.4 is 5.32 Å². The molecule has 2 aromatic rings. The van der Waals surface area contributed by atoms with Gasteiger partial charge in [-0.25, -0.2) is 4.39 Å². The van der Waals surface area contributed by atoms with Crippen LogP contribution in [-0.2, 0) is 6.42 Å². The van der Waals surface area contributed by atoms with Gasteiger partial charge in [0, 0.05) is 12.5 Å². The van der Waals surface area contributed by atoms with Crippen molar-refractivity contribution in [2.24, 2.45) is 0 Å². The average molecular weight is 268 g/mol. The molecule has 0 fully saturated rings. The highest BCUT2D eigenvalue weighted by atomic mass is 35.5. The van der Waals surface area contributed by atoms with Crippen molar-refractivity contribution in [2.45, 2.75) is 19.4 Å². The van der Waals surface area contributed by atoms with Crippen LogP contribution in [0.25, 0.3) is 0 Å². The molecular weight excluding hydrogens is 253 g/mol. The molecule has 0 amide bonds. The molecule has 1 aromatic heterocycles. The van der Waals surface area contributed by atoms with E-state index in [1.807, 2.05) is 19.1 Å². The molecule has 0 saturated carbocycles. The van der Waals surface area contributed by atoms with E-state index in [0.717, 1.165) is 17.9 Å². The Bertz CT molecular complexity index is 499. The molecule has 2 nitrogen and oxygen atoms in total. The van der Waals surface area contributed by atoms with Crippen molar-refractivity contribution >= 4 is 11.6 Å². The molecule has 0 aliphatic heterocycles. The van der Waals surface area contributed by atoms with Crippen LogP contribution in [-0.4, -0.2) is 6.54 Å². The fourth-order valence-electron chi connectivity index (χ4n) is 1.91. The van der Waals surface area contributed by atoms with Gasteiger partial charge in [-0.1, -0.05) is 24.6 Å². The van der Waals surface area contributed by atoms with Gasteiger partial charge in [0.15, 0.2) is 0 Å². The molecule has 96 valence electrons. The molecule has 0 bridgehead atoms. The Hall–Kier alpha value is -1.32. The van der Waals surface area contributed by atoms with Crippen molar-refractivity contribution in [3.8, 4) is 0 Å². The number of nitrogens with one attached hydrogen (secondary N) is 1. The van der Waals surface area contributed by atoms with Crippen LogP contribution in [0.3, 0.4) is 0 Å². The summed E-state index contributed by atoms with van der Waals surface area (Å²) in [5, 5.41) is 3.49. The molecule has 0 radical (unpaired) electrons. The van der Waals surface area contributed by atoms with Gasteiger partial charge in [-0.15, -0.1) is 0 Å². The molecule has 0 aliphatic carbocycles. The minimum Gasteiger partial charge on any atom is -0.469 e. The minimum absolute atomic E-state index is 0.0687. The monoisotopic (exact) mass is 267 g/mol. The molecule has 1 aromatic carbocycles. The number of likely N-dealkylation sites (N-methyl/N-ethyl adjacent to an activating group) is 1. The zero-order valence-electron chi connectivity index (χ0n) is 10.1. The molecule has 0 spiro atoms. The maximum atomic E-state index is 13.2. The summed E-state index contributed by atoms with van der Waals surface area (Å²) in [5.74, 6) is 0.495. The number of rotatable bonds is 5. The highest BCUT2D eigenvalue weighted by Crippen LogP contribution is 2.23. The zero-order valence-corrected chi connectivity index (χ0v) is 10.9. The predicted octanol–water partition coefficient (Wildman–Crippen LogP) is 3.97. The van der Waals surface area contributed by atoms with Crippen LogP contribution in [0, 0.1) is 5.82 Å². The van der Waals surface area contributed by atoms with E-state index in [0.29, 0.717) is 6.42 Å². The lowest BCUT2D eigenvalue weighted by Crippen LogP contribution is -2.22. The van der Waals surface area contributed by atoms with Crippen LogP contribution in [0.5, 0.6) is 0 Å². The maximum absolute atomic E-state index is 13.2. The van der Waals surface area contributed by atoms with Gasteiger partial charge in [0.25, 0.3) is 0 Å². The van der Waals surface area contributed by atoms with Gasteiger partial charge in [-0.2, -0.15) is 0 Å². The maximum Gasteiger partial charge on any atom is 0.141 e. The van der Waals surface area contributed by atoms with Crippen LogP contribution in [0.2, 0.25) is 5.02 Å². The third-order valence-corrected chi connectivity index (χ3v) is 3.07. The summed E-state index contributed by atoms with van der Waals surface area (Å²) in [5.41, 5.74) is 0.958. The lowest BCUT2D eigenvalue weighted by Gasteiger charge is -2.17. The quantitative estimate of drug-likeness (QED) is 0.887. The number of hydrogen-bond acceptors (Lipinski definition) is 2. The summed E-state index contributed by atoms with van der Waals surface area (Å²) in [6.07, 6.45) is 2.36. The fraction of sp³-hybridized carbons (Fsp3) is 0.286. The number of halogens is 2. The van der Waals surface area contributed by atoms with E-state index in [-0.39, 0.29) is 11.1 Å². The van der Waals surface area contributed by atoms with E-state index in [4.69, 9.17) is 16.0 Å². The standard InChI is InChI=1S/C14H15ClFNO/c1-2-17-14(9-11-4-3-7-18-11)10-5-6-13(16)12(15)8-10/h3-8,14,17H,2,9H2,1H3. The van der Waals surface area contributed by atoms with Crippen molar-refractivity contribution in [3.63, 3.8) is 0 Å². The van der Waals surface area contributed by atoms with E-state index < -0.39 is 5.82 Å². The molecule has 0 saturated heterocycles. The first-order chi connectivity index (χ1) is 8.70. The highest BCUT2D eigenvalue weighted by Gasteiger charge is 2.14. The second-order valence-electron chi connectivity index (χ2n) is 4.07. The van der Waals surface area contributed by atoms with E-state index >= 15 is 0 Å². The van der Waals surface area contributed by atoms with Gasteiger partial charge in [-0.3, -0.25) is 0 Å². The van der Waals surface area contributed by atoms with E-state index in [1.54, 1.807) is 18.4 Å². The van der Waals surface area contributed by atoms with E-state index in [9.17, 15) is 4.39 Å². The number of benzene rings is 1. The Balaban J connectivity index is 2.20. The van der Waals surface area contributed by atoms with Gasteiger partial charge in [-0.05, 0) is 36.4 Å². The van der Waals surface area contributed by atoms with Crippen molar-refractivity contribution in [3.05, 3.63) is 58.8 Å². The van der Waals surface area contributed by atoms with Crippen molar-refractivity contribution in [1.82, 2.24) is 5.32 Å². The first-order valence-corrected chi connectivity index (χ1v) is 6.29. The Morgan fingerprint density at radius 3 is 2.83 bits per heavy atom. The van der Waals surface area contributed by atoms with E-state index in [2.05, 4.69) is 5.32 Å². The Kier molecular flexibility index (Phi) is 4.39. The minimum atomic E-state index is -0.395. The van der Waals surface area contributed by atoms with Crippen LogP contribution in [0.4, 0.5) is 4.39 Å². The Labute approximate surface area is 111 Å². The number of furan rings is 1. The SMILES string of the molecule is CCNC(Cc1ccco1)c1ccc(F)c(Cl)c1. The van der Waals surface area contributed by atoms with E-state index in [1.165, 1.54) is 6.07 Å². The Morgan fingerprint density at radius 2 is 2.22 bits per heavy atom. The molecule has 0 aliphatic rings. The summed E-state index contributed by atoms with van der Waals surface area (Å²) in [6.45, 7) is 2.85. The molecule has 1 heterocycles. The highest BCUT2D eigenvalue weighted by molar-refractivity contribution is 6.30. The summed E-state index contributed by atoms with van der Waals surface area (Å²) in [4.78, 5) is 0. The molecular formula is C14H15ClFNO. The van der Waals surface area contributed by atoms with Crippen LogP contribution >= 0.6 is 11.6 Å². The molecule has 4 heteroatoms. The summed E-state index contributed by atoms with van der Waals surface area (Å²) >= 11 is 5.81. The molecule has 1 atom stereocenters. The van der Waals surface area contributed by atoms with Gasteiger partial charge < -0.3 is 9.73 Å². The second-order valence-corrected chi connectivity index (χ2v) is 4.47. The lowest BCUT2D eigenvalue weighted by atomic mass is 10.0. The normalized spacial score (nSPS) is 12.6. The summed E-state index contributed by atoms with van der Waals surface area (Å²) in [6, 6.07) is 8.65. The van der Waals surface area contributed by atoms with Gasteiger partial charge in [0.1, 0.15) is 11.6 Å². The topological polar surface area (TPSA) is 25.2 Å². The van der Waals surface area contributed by atoms with Crippen molar-refractivity contribution < 1.29 is 8.81 Å². The molecule has 2 rings (SSSR count). The largest absolute Gasteiger partial charge is 0.469 e. The first kappa shape index (κ1) is 13.1. The smallest absolute Gasteiger partial charge is 0.141 e. The zero-order chi connectivity index (χ0) is 13.0. The fourth-order valence-corrected chi connectivity index (χ4v) is 2.10. The summed E-state index contributed by atoms with van der Waals surface area (Å²) in [7, 11) is 0. The van der Waals surface area contributed by atoms with Crippen molar-refractivity contribution in [1.29, 1.82) is 0 Å². The predicted molar refractivity (Wildman–Crippen MR) is 70.2 cm³/mol. The summed E-state index contributed by atoms with van der Waals surface area (Å²) < 4.78 is 18.5. The average Bonchev–Trinajstić information content (AvgIpc) is 2.85. The Morgan fingerprint density at radius 1 is 1.39 bits per heavy atom. The lowest BCUT2D eigenvalue weighted by molar-refractivity contribution is 0.454. The second kappa shape index (κ2) is 6.03. The van der Waals surface area contributed by atoms with Crippen LogP contribution in [0.1, 0.15) is 24.3 Å². The van der Waals surface area contributed by atoms with Gasteiger partial charge in [0.05, 0.1) is 11.3 Å². The third kappa shape index (κ3) is 3.12. The van der Waals surface area contributed by atoms with Gasteiger partial charge in [0.2, 0.25) is 0 Å². The molecule has 1 N–H and O–H groups in total.